The van der Waals surface area contributed by atoms with Crippen molar-refractivity contribution in [3.63, 3.8) is 0 Å². The van der Waals surface area contributed by atoms with Crippen molar-refractivity contribution in [2.45, 2.75) is 32.5 Å². The summed E-state index contributed by atoms with van der Waals surface area (Å²) in [6.45, 7) is 5.74. The van der Waals surface area contributed by atoms with E-state index < -0.39 is 6.10 Å². The van der Waals surface area contributed by atoms with Gasteiger partial charge in [0.05, 0.1) is 40.6 Å². The standard InChI is InChI=1S/C19H31NO5/c1-14-6-5-7-20(10-14)11-16(21)13-25-12-15-8-17(22-2)19(24-4)18(9-15)23-3/h8-9,14,16,21H,5-7,10-13H2,1-4H3/t14-,16-/m0/s1. The second-order valence-corrected chi connectivity index (χ2v) is 6.71. The number of rotatable bonds is 9. The molecule has 0 amide bonds. The molecule has 0 aromatic heterocycles. The van der Waals surface area contributed by atoms with Crippen LogP contribution in [-0.2, 0) is 11.3 Å². The van der Waals surface area contributed by atoms with E-state index in [9.17, 15) is 5.11 Å². The molecule has 0 radical (unpaired) electrons. The minimum absolute atomic E-state index is 0.307. The molecule has 142 valence electrons. The molecule has 6 nitrogen and oxygen atoms in total. The van der Waals surface area contributed by atoms with Crippen molar-refractivity contribution >= 4 is 0 Å². The SMILES string of the molecule is COc1cc(COC[C@@H](O)CN2CCC[C@H](C)C2)cc(OC)c1OC. The molecule has 0 spiro atoms. The Morgan fingerprint density at radius 1 is 1.16 bits per heavy atom. The summed E-state index contributed by atoms with van der Waals surface area (Å²) in [5, 5.41) is 10.2. The Morgan fingerprint density at radius 3 is 2.40 bits per heavy atom. The highest BCUT2D eigenvalue weighted by Gasteiger charge is 2.19. The highest BCUT2D eigenvalue weighted by molar-refractivity contribution is 5.53. The molecule has 25 heavy (non-hydrogen) atoms. The van der Waals surface area contributed by atoms with Crippen LogP contribution in [0.4, 0.5) is 0 Å². The number of ether oxygens (including phenoxy) is 4. The predicted molar refractivity (Wildman–Crippen MR) is 96.6 cm³/mol. The van der Waals surface area contributed by atoms with Gasteiger partial charge in [-0.1, -0.05) is 6.92 Å². The number of β-amino-alcohol motifs (C(OH)–C–C–N with tert-alkyl or cyclic N) is 1. The Bertz CT molecular complexity index is 512. The molecule has 1 aromatic rings. The fourth-order valence-electron chi connectivity index (χ4n) is 3.33. The van der Waals surface area contributed by atoms with Gasteiger partial charge in [-0.25, -0.2) is 0 Å². The van der Waals surface area contributed by atoms with Gasteiger partial charge in [0, 0.05) is 13.1 Å². The number of aliphatic hydroxyl groups is 1. The largest absolute Gasteiger partial charge is 0.493 e. The summed E-state index contributed by atoms with van der Waals surface area (Å²) in [7, 11) is 4.75. The van der Waals surface area contributed by atoms with E-state index in [1.807, 2.05) is 12.1 Å². The van der Waals surface area contributed by atoms with Gasteiger partial charge in [-0.2, -0.15) is 0 Å². The molecular weight excluding hydrogens is 322 g/mol. The van der Waals surface area contributed by atoms with Gasteiger partial charge in [0.2, 0.25) is 5.75 Å². The van der Waals surface area contributed by atoms with Crippen LogP contribution in [0.15, 0.2) is 12.1 Å². The molecule has 1 aliphatic heterocycles. The highest BCUT2D eigenvalue weighted by Crippen LogP contribution is 2.38. The zero-order valence-electron chi connectivity index (χ0n) is 15.8. The van der Waals surface area contributed by atoms with Crippen molar-refractivity contribution in [1.29, 1.82) is 0 Å². The third-order valence-corrected chi connectivity index (χ3v) is 4.51. The number of methoxy groups -OCH3 is 3. The van der Waals surface area contributed by atoms with E-state index >= 15 is 0 Å². The third-order valence-electron chi connectivity index (χ3n) is 4.51. The fraction of sp³-hybridized carbons (Fsp3) is 0.684. The van der Waals surface area contributed by atoms with Gasteiger partial charge in [0.1, 0.15) is 0 Å². The summed E-state index contributed by atoms with van der Waals surface area (Å²) in [4.78, 5) is 2.32. The molecule has 0 unspecified atom stereocenters. The van der Waals surface area contributed by atoms with Gasteiger partial charge in [-0.3, -0.25) is 0 Å². The lowest BCUT2D eigenvalue weighted by molar-refractivity contribution is 0.00369. The molecule has 2 atom stereocenters. The second-order valence-electron chi connectivity index (χ2n) is 6.71. The van der Waals surface area contributed by atoms with Crippen LogP contribution in [0.3, 0.4) is 0 Å². The number of piperidine rings is 1. The molecule has 1 aliphatic rings. The first-order valence-corrected chi connectivity index (χ1v) is 8.84. The zero-order chi connectivity index (χ0) is 18.2. The average Bonchev–Trinajstić information content (AvgIpc) is 2.60. The van der Waals surface area contributed by atoms with E-state index in [4.69, 9.17) is 18.9 Å². The van der Waals surface area contributed by atoms with Crippen LogP contribution in [0.5, 0.6) is 17.2 Å². The molecule has 6 heteroatoms. The minimum Gasteiger partial charge on any atom is -0.493 e. The molecule has 0 bridgehead atoms. The Kier molecular flexibility index (Phi) is 7.81. The molecule has 1 aromatic carbocycles. The number of nitrogens with zero attached hydrogens (tertiary/aromatic N) is 1. The summed E-state index contributed by atoms with van der Waals surface area (Å²) in [5.74, 6) is 2.47. The van der Waals surface area contributed by atoms with Crippen LogP contribution in [0, 0.1) is 5.92 Å². The van der Waals surface area contributed by atoms with Gasteiger partial charge in [-0.15, -0.1) is 0 Å². The maximum Gasteiger partial charge on any atom is 0.203 e. The van der Waals surface area contributed by atoms with E-state index in [0.717, 1.165) is 18.7 Å². The van der Waals surface area contributed by atoms with Crippen molar-refractivity contribution < 1.29 is 24.1 Å². The Labute approximate surface area is 150 Å². The van der Waals surface area contributed by atoms with E-state index in [1.54, 1.807) is 21.3 Å². The summed E-state index contributed by atoms with van der Waals surface area (Å²) >= 11 is 0. The van der Waals surface area contributed by atoms with Crippen LogP contribution in [0.2, 0.25) is 0 Å². The van der Waals surface area contributed by atoms with Gasteiger partial charge < -0.3 is 29.0 Å². The monoisotopic (exact) mass is 353 g/mol. The van der Waals surface area contributed by atoms with Gasteiger partial charge in [-0.05, 0) is 43.0 Å². The van der Waals surface area contributed by atoms with Crippen molar-refractivity contribution in [1.82, 2.24) is 4.90 Å². The minimum atomic E-state index is -0.479. The Morgan fingerprint density at radius 2 is 1.84 bits per heavy atom. The molecule has 2 rings (SSSR count). The normalized spacial score (nSPS) is 19.5. The van der Waals surface area contributed by atoms with Crippen molar-refractivity contribution in [3.8, 4) is 17.2 Å². The Balaban J connectivity index is 1.84. The van der Waals surface area contributed by atoms with Crippen LogP contribution in [0.25, 0.3) is 0 Å². The maximum atomic E-state index is 10.2. The van der Waals surface area contributed by atoms with E-state index in [2.05, 4.69) is 11.8 Å². The van der Waals surface area contributed by atoms with Gasteiger partial charge >= 0.3 is 0 Å². The summed E-state index contributed by atoms with van der Waals surface area (Å²) in [5.41, 5.74) is 0.910. The molecule has 1 fully saturated rings. The van der Waals surface area contributed by atoms with Crippen LogP contribution >= 0.6 is 0 Å². The molecule has 1 saturated heterocycles. The molecule has 0 saturated carbocycles. The van der Waals surface area contributed by atoms with Crippen LogP contribution in [-0.4, -0.2) is 63.7 Å². The first-order chi connectivity index (χ1) is 12.1. The van der Waals surface area contributed by atoms with E-state index in [1.165, 1.54) is 12.8 Å². The maximum absolute atomic E-state index is 10.2. The van der Waals surface area contributed by atoms with Crippen LogP contribution in [0.1, 0.15) is 25.3 Å². The molecular formula is C19H31NO5. The molecule has 1 heterocycles. The fourth-order valence-corrected chi connectivity index (χ4v) is 3.33. The lowest BCUT2D eigenvalue weighted by Crippen LogP contribution is -2.40. The Hall–Kier alpha value is -1.50. The quantitative estimate of drug-likeness (QED) is 0.735. The molecule has 0 aliphatic carbocycles. The number of aliphatic hydroxyl groups excluding tert-OH is 1. The van der Waals surface area contributed by atoms with Crippen molar-refractivity contribution in [3.05, 3.63) is 17.7 Å². The lowest BCUT2D eigenvalue weighted by atomic mass is 10.0. The summed E-state index contributed by atoms with van der Waals surface area (Å²) in [6, 6.07) is 3.72. The highest BCUT2D eigenvalue weighted by atomic mass is 16.5. The van der Waals surface area contributed by atoms with Crippen molar-refractivity contribution in [2.24, 2.45) is 5.92 Å². The number of hydrogen-bond acceptors (Lipinski definition) is 6. The molecule has 1 N–H and O–H groups in total. The predicted octanol–water partition coefficient (Wildman–Crippen LogP) is 2.32. The average molecular weight is 353 g/mol. The van der Waals surface area contributed by atoms with Gasteiger partial charge in [0.25, 0.3) is 0 Å². The number of benzene rings is 1. The smallest absolute Gasteiger partial charge is 0.203 e. The first-order valence-electron chi connectivity index (χ1n) is 8.84. The lowest BCUT2D eigenvalue weighted by Gasteiger charge is -2.32. The zero-order valence-corrected chi connectivity index (χ0v) is 15.8. The third kappa shape index (κ3) is 5.76. The second kappa shape index (κ2) is 9.85. The summed E-state index contributed by atoms with van der Waals surface area (Å²) in [6.07, 6.45) is 2.01. The first kappa shape index (κ1) is 19.8. The number of hydrogen-bond donors (Lipinski definition) is 1. The van der Waals surface area contributed by atoms with Crippen molar-refractivity contribution in [2.75, 3.05) is 47.6 Å². The topological polar surface area (TPSA) is 60.4 Å². The van der Waals surface area contributed by atoms with E-state index in [0.29, 0.717) is 42.9 Å². The number of likely N-dealkylation sites (tertiary alicyclic amines) is 1. The van der Waals surface area contributed by atoms with E-state index in [-0.39, 0.29) is 0 Å². The summed E-state index contributed by atoms with van der Waals surface area (Å²) < 4.78 is 21.7. The van der Waals surface area contributed by atoms with Gasteiger partial charge in [0.15, 0.2) is 11.5 Å². The van der Waals surface area contributed by atoms with Crippen LogP contribution < -0.4 is 14.2 Å².